The molecule has 0 aromatic carbocycles. The molecule has 0 aliphatic carbocycles. The summed E-state index contributed by atoms with van der Waals surface area (Å²) >= 11 is 0. The van der Waals surface area contributed by atoms with Crippen molar-refractivity contribution < 1.29 is 9.72 Å². The second-order valence-electron chi connectivity index (χ2n) is 2.55. The summed E-state index contributed by atoms with van der Waals surface area (Å²) < 4.78 is 0. The van der Waals surface area contributed by atoms with Crippen LogP contribution in [0.25, 0.3) is 0 Å². The second-order valence-corrected chi connectivity index (χ2v) is 2.55. The molecular weight excluding hydrogens is 176 g/mol. The Bertz CT molecular complexity index is 343. The molecule has 7 heteroatoms. The predicted molar refractivity (Wildman–Crippen MR) is 43.2 cm³/mol. The van der Waals surface area contributed by atoms with Crippen molar-refractivity contribution in [1.29, 1.82) is 0 Å². The number of Topliss-reactive ketones (excluding diaryl/α,β-unsaturated/α-hetero) is 1. The highest BCUT2D eigenvalue weighted by Crippen LogP contribution is 2.08. The summed E-state index contributed by atoms with van der Waals surface area (Å²) in [4.78, 5) is 20.7. The Balaban J connectivity index is 2.92. The minimum absolute atomic E-state index is 0.0123. The normalized spacial score (nSPS) is 12.5. The maximum Gasteiger partial charge on any atom is 0.343 e. The topological polar surface area (TPSA) is 115 Å². The van der Waals surface area contributed by atoms with Crippen molar-refractivity contribution in [2.24, 2.45) is 5.73 Å². The molecule has 1 aromatic rings. The fraction of sp³-hybridized carbons (Fsp3) is 0.333. The number of aromatic nitrogens is 2. The highest BCUT2D eigenvalue weighted by Gasteiger charge is 2.18. The fourth-order valence-corrected chi connectivity index (χ4v) is 0.765. The summed E-state index contributed by atoms with van der Waals surface area (Å²) in [6, 6.07) is 0.356. The van der Waals surface area contributed by atoms with Crippen LogP contribution in [-0.2, 0) is 0 Å². The number of aromatic amines is 1. The maximum atomic E-state index is 11.2. The SMILES string of the molecule is CC(N)C(=O)c1cc([N+](=O)[O-])[nH]n1. The molecule has 0 spiro atoms. The number of nitro groups is 1. The number of rotatable bonds is 3. The molecule has 0 aliphatic heterocycles. The van der Waals surface area contributed by atoms with Crippen LogP contribution in [0.15, 0.2) is 6.07 Å². The lowest BCUT2D eigenvalue weighted by molar-refractivity contribution is -0.389. The number of carbonyl (C=O) groups excluding carboxylic acids is 1. The van der Waals surface area contributed by atoms with Gasteiger partial charge >= 0.3 is 5.82 Å². The van der Waals surface area contributed by atoms with Gasteiger partial charge in [-0.3, -0.25) is 4.79 Å². The molecule has 1 aromatic heterocycles. The van der Waals surface area contributed by atoms with Crippen molar-refractivity contribution >= 4 is 11.6 Å². The summed E-state index contributed by atoms with van der Waals surface area (Å²) in [6.45, 7) is 1.49. The lowest BCUT2D eigenvalue weighted by atomic mass is 10.2. The zero-order valence-corrected chi connectivity index (χ0v) is 6.85. The van der Waals surface area contributed by atoms with Crippen molar-refractivity contribution in [3.63, 3.8) is 0 Å². The molecule has 70 valence electrons. The lowest BCUT2D eigenvalue weighted by Crippen LogP contribution is -2.26. The van der Waals surface area contributed by atoms with Crippen LogP contribution in [0.1, 0.15) is 17.4 Å². The van der Waals surface area contributed by atoms with Crippen LogP contribution in [-0.4, -0.2) is 26.9 Å². The van der Waals surface area contributed by atoms with Gasteiger partial charge in [0.05, 0.1) is 12.1 Å². The first-order valence-corrected chi connectivity index (χ1v) is 3.52. The van der Waals surface area contributed by atoms with Gasteiger partial charge in [-0.25, -0.2) is 0 Å². The number of nitrogens with two attached hydrogens (primary N) is 1. The molecule has 13 heavy (non-hydrogen) atoms. The van der Waals surface area contributed by atoms with Crippen molar-refractivity contribution in [3.05, 3.63) is 21.9 Å². The van der Waals surface area contributed by atoms with E-state index in [1.54, 1.807) is 0 Å². The molecule has 0 saturated carbocycles. The van der Waals surface area contributed by atoms with Crippen molar-refractivity contribution in [1.82, 2.24) is 10.2 Å². The highest BCUT2D eigenvalue weighted by molar-refractivity contribution is 5.98. The van der Waals surface area contributed by atoms with E-state index in [2.05, 4.69) is 10.2 Å². The first kappa shape index (κ1) is 9.33. The van der Waals surface area contributed by atoms with Crippen molar-refractivity contribution in [3.8, 4) is 0 Å². The van der Waals surface area contributed by atoms with Gasteiger partial charge in [0, 0.05) is 0 Å². The second kappa shape index (κ2) is 3.31. The highest BCUT2D eigenvalue weighted by atomic mass is 16.6. The van der Waals surface area contributed by atoms with Crippen LogP contribution in [0.3, 0.4) is 0 Å². The minimum Gasteiger partial charge on any atom is -0.358 e. The number of nitrogens with one attached hydrogen (secondary N) is 1. The van der Waals surface area contributed by atoms with Gasteiger partial charge in [-0.15, -0.1) is 5.10 Å². The largest absolute Gasteiger partial charge is 0.358 e. The molecule has 1 unspecified atom stereocenters. The van der Waals surface area contributed by atoms with Gasteiger partial charge in [-0.05, 0) is 11.8 Å². The summed E-state index contributed by atoms with van der Waals surface area (Å²) in [7, 11) is 0. The van der Waals surface area contributed by atoms with Crippen molar-refractivity contribution in [2.75, 3.05) is 0 Å². The van der Waals surface area contributed by atoms with Gasteiger partial charge in [-0.1, -0.05) is 5.10 Å². The third-order valence-electron chi connectivity index (χ3n) is 1.43. The monoisotopic (exact) mass is 184 g/mol. The van der Waals surface area contributed by atoms with Crippen LogP contribution >= 0.6 is 0 Å². The van der Waals surface area contributed by atoms with Gasteiger partial charge < -0.3 is 15.8 Å². The van der Waals surface area contributed by atoms with Gasteiger partial charge in [0.15, 0.2) is 5.69 Å². The van der Waals surface area contributed by atoms with E-state index in [0.717, 1.165) is 6.07 Å². The summed E-state index contributed by atoms with van der Waals surface area (Å²) in [5.41, 5.74) is 5.27. The molecular formula is C6H8N4O3. The Morgan fingerprint density at radius 3 is 2.85 bits per heavy atom. The molecule has 1 atom stereocenters. The Morgan fingerprint density at radius 2 is 2.46 bits per heavy atom. The van der Waals surface area contributed by atoms with Crippen LogP contribution in [0.4, 0.5) is 5.82 Å². The molecule has 3 N–H and O–H groups in total. The minimum atomic E-state index is -0.706. The van der Waals surface area contributed by atoms with E-state index in [0.29, 0.717) is 0 Å². The molecule has 1 heterocycles. The first-order valence-electron chi connectivity index (χ1n) is 3.52. The van der Waals surface area contributed by atoms with Crippen LogP contribution < -0.4 is 5.73 Å². The van der Waals surface area contributed by atoms with E-state index in [1.807, 2.05) is 0 Å². The molecule has 0 fully saturated rings. The summed E-state index contributed by atoms with van der Waals surface area (Å²) in [5.74, 6) is -0.742. The standard InChI is InChI=1S/C6H8N4O3/c1-3(7)6(11)4-2-5(9-8-4)10(12)13/h2-3H,7H2,1H3,(H,8,9). The zero-order chi connectivity index (χ0) is 10.0. The van der Waals surface area contributed by atoms with E-state index in [4.69, 9.17) is 5.73 Å². The third kappa shape index (κ3) is 1.88. The molecule has 0 aliphatic rings. The number of H-pyrrole nitrogens is 1. The number of ketones is 1. The van der Waals surface area contributed by atoms with Crippen LogP contribution in [0.5, 0.6) is 0 Å². The van der Waals surface area contributed by atoms with Gasteiger partial charge in [0.2, 0.25) is 5.78 Å². The van der Waals surface area contributed by atoms with E-state index in [-0.39, 0.29) is 11.5 Å². The molecule has 0 saturated heterocycles. The smallest absolute Gasteiger partial charge is 0.343 e. The Hall–Kier alpha value is -1.76. The average molecular weight is 184 g/mol. The van der Waals surface area contributed by atoms with Crippen molar-refractivity contribution in [2.45, 2.75) is 13.0 Å². The molecule has 1 rings (SSSR count). The Labute approximate surface area is 73.1 Å². The average Bonchev–Trinajstić information content (AvgIpc) is 2.50. The van der Waals surface area contributed by atoms with E-state index >= 15 is 0 Å². The fourth-order valence-electron chi connectivity index (χ4n) is 0.765. The van der Waals surface area contributed by atoms with E-state index in [9.17, 15) is 14.9 Å². The lowest BCUT2D eigenvalue weighted by Gasteiger charge is -1.96. The van der Waals surface area contributed by atoms with Gasteiger partial charge in [0.25, 0.3) is 0 Å². The molecule has 0 amide bonds. The first-order chi connectivity index (χ1) is 6.02. The van der Waals surface area contributed by atoms with E-state index in [1.165, 1.54) is 6.92 Å². The predicted octanol–water partition coefficient (Wildman–Crippen LogP) is -0.152. The quantitative estimate of drug-likeness (QED) is 0.385. The molecule has 0 bridgehead atoms. The number of carbonyl (C=O) groups is 1. The third-order valence-corrected chi connectivity index (χ3v) is 1.43. The van der Waals surface area contributed by atoms with E-state index < -0.39 is 16.7 Å². The number of hydrogen-bond acceptors (Lipinski definition) is 5. The van der Waals surface area contributed by atoms with Gasteiger partial charge in [-0.2, -0.15) is 0 Å². The Kier molecular flexibility index (Phi) is 2.38. The molecule has 7 nitrogen and oxygen atoms in total. The van der Waals surface area contributed by atoms with Gasteiger partial charge in [0.1, 0.15) is 0 Å². The van der Waals surface area contributed by atoms with Crippen LogP contribution in [0.2, 0.25) is 0 Å². The number of nitrogens with zero attached hydrogens (tertiary/aromatic N) is 2. The maximum absolute atomic E-state index is 11.2. The Morgan fingerprint density at radius 1 is 1.85 bits per heavy atom. The zero-order valence-electron chi connectivity index (χ0n) is 6.85. The summed E-state index contributed by atoms with van der Waals surface area (Å²) in [6.07, 6.45) is 0. The molecule has 0 radical (unpaired) electrons. The summed E-state index contributed by atoms with van der Waals surface area (Å²) in [5, 5.41) is 15.8. The van der Waals surface area contributed by atoms with Crippen LogP contribution in [0, 0.1) is 10.1 Å². The number of hydrogen-bond donors (Lipinski definition) is 2.